The van der Waals surface area contributed by atoms with Crippen molar-refractivity contribution in [2.24, 2.45) is 17.8 Å². The molecule has 3 unspecified atom stereocenters. The summed E-state index contributed by atoms with van der Waals surface area (Å²) in [6.07, 6.45) is -0.470. The van der Waals surface area contributed by atoms with Gasteiger partial charge in [-0.3, -0.25) is 9.59 Å². The van der Waals surface area contributed by atoms with E-state index in [0.717, 1.165) is 16.7 Å². The number of nitrogens with one attached hydrogen (secondary N) is 5. The van der Waals surface area contributed by atoms with Crippen molar-refractivity contribution in [3.63, 3.8) is 0 Å². The van der Waals surface area contributed by atoms with Gasteiger partial charge in [0.15, 0.2) is 0 Å². The van der Waals surface area contributed by atoms with Gasteiger partial charge >= 0.3 is 30.0 Å². The van der Waals surface area contributed by atoms with E-state index in [1.165, 1.54) is 17.8 Å². The van der Waals surface area contributed by atoms with Crippen molar-refractivity contribution in [1.29, 1.82) is 0 Å². The molecule has 28 heteroatoms. The van der Waals surface area contributed by atoms with E-state index < -0.39 is 94.3 Å². The van der Waals surface area contributed by atoms with Crippen LogP contribution in [-0.4, -0.2) is 195 Å². The minimum atomic E-state index is -4.06. The lowest BCUT2D eigenvalue weighted by molar-refractivity contribution is -0.159. The zero-order valence-electron chi connectivity index (χ0n) is 51.7. The predicted octanol–water partition coefficient (Wildman–Crippen LogP) is 4.80. The quantitative estimate of drug-likeness (QED) is 0.0741. The number of carboxylic acids is 2. The van der Waals surface area contributed by atoms with Crippen molar-refractivity contribution < 1.29 is 68.9 Å². The van der Waals surface area contributed by atoms with Crippen molar-refractivity contribution in [3.05, 3.63) is 138 Å². The van der Waals surface area contributed by atoms with Crippen LogP contribution in [-0.2, 0) is 54.5 Å². The minimum absolute atomic E-state index is 0.0810. The molecule has 6 fully saturated rings. The fourth-order valence-electron chi connectivity index (χ4n) is 12.3. The van der Waals surface area contributed by atoms with Gasteiger partial charge in [-0.25, -0.2) is 14.4 Å². The number of carbonyl (C=O) groups excluding carboxylic acids is 3. The molecule has 486 valence electrons. The van der Waals surface area contributed by atoms with Crippen LogP contribution in [0.2, 0.25) is 0 Å². The van der Waals surface area contributed by atoms with Crippen LogP contribution >= 0.6 is 0 Å². The van der Waals surface area contributed by atoms with E-state index in [1.54, 1.807) is 84.6 Å². The van der Waals surface area contributed by atoms with E-state index in [2.05, 4.69) is 24.8 Å². The molecule has 0 spiro atoms. The van der Waals surface area contributed by atoms with Crippen LogP contribution in [0.15, 0.2) is 121 Å². The summed E-state index contributed by atoms with van der Waals surface area (Å²) in [4.78, 5) is 65.2. The summed E-state index contributed by atoms with van der Waals surface area (Å²) in [5.74, 6) is -5.05. The van der Waals surface area contributed by atoms with Gasteiger partial charge in [0.05, 0.1) is 0 Å². The number of amides is 3. The number of piperazine rings is 3. The molecule has 10 rings (SSSR count). The van der Waals surface area contributed by atoms with Gasteiger partial charge in [0, 0.05) is 102 Å². The second-order valence-electron chi connectivity index (χ2n) is 25.3. The van der Waals surface area contributed by atoms with E-state index in [4.69, 9.17) is 9.47 Å². The second kappa shape index (κ2) is 26.7. The Morgan fingerprint density at radius 1 is 0.461 bits per heavy atom. The molecule has 6 aliphatic rings. The van der Waals surface area contributed by atoms with Crippen LogP contribution in [0.3, 0.4) is 0 Å². The summed E-state index contributed by atoms with van der Waals surface area (Å²) >= 11 is 0. The molecule has 0 radical (unpaired) electrons. The number of urea groups is 1. The van der Waals surface area contributed by atoms with Crippen molar-refractivity contribution in [2.75, 3.05) is 83.9 Å². The van der Waals surface area contributed by atoms with Crippen LogP contribution < -0.4 is 24.8 Å². The van der Waals surface area contributed by atoms with Crippen molar-refractivity contribution in [1.82, 2.24) is 42.2 Å². The molecular weight excluding hydrogens is 1210 g/mol. The van der Waals surface area contributed by atoms with E-state index in [1.807, 2.05) is 104 Å². The number of carboxylic acid groups (broad SMARTS) is 2. The molecule has 0 bridgehead atoms. The predicted molar refractivity (Wildman–Crippen MR) is 333 cm³/mol. The number of ether oxygens (including phenoxy) is 2. The van der Waals surface area contributed by atoms with Gasteiger partial charge in [-0.2, -0.15) is 52.3 Å². The van der Waals surface area contributed by atoms with Gasteiger partial charge in [-0.15, -0.1) is 0 Å². The molecule has 3 heterocycles. The largest absolute Gasteiger partial charge is 0.480 e. The first-order chi connectivity index (χ1) is 41.7. The van der Waals surface area contributed by atoms with Crippen LogP contribution in [0.1, 0.15) is 96.8 Å². The molecule has 4 aromatic carbocycles. The van der Waals surface area contributed by atoms with Crippen molar-refractivity contribution in [3.8, 4) is 0 Å². The maximum atomic E-state index is 13.4. The third-order valence-electron chi connectivity index (χ3n) is 17.2. The van der Waals surface area contributed by atoms with E-state index in [9.17, 15) is 59.4 Å². The van der Waals surface area contributed by atoms with E-state index in [-0.39, 0.29) is 82.1 Å². The molecule has 4 aromatic rings. The van der Waals surface area contributed by atoms with Crippen LogP contribution in [0.25, 0.3) is 0 Å². The number of carbonyl (C=O) groups is 5. The van der Waals surface area contributed by atoms with Crippen LogP contribution in [0.5, 0.6) is 0 Å². The highest BCUT2D eigenvalue weighted by molar-refractivity contribution is 7.87. The highest BCUT2D eigenvalue weighted by Crippen LogP contribution is 2.60. The zero-order valence-corrected chi connectivity index (χ0v) is 54.1. The summed E-state index contributed by atoms with van der Waals surface area (Å²) in [5, 5.41) is 25.5. The number of aliphatic carboxylic acids is 2. The lowest BCUT2D eigenvalue weighted by Gasteiger charge is -2.36. The molecule has 3 aliphatic carbocycles. The Balaban J connectivity index is 0.000000176. The van der Waals surface area contributed by atoms with Crippen molar-refractivity contribution >= 4 is 66.3 Å². The molecule has 7 N–H and O–H groups in total. The molecule has 25 nitrogen and oxygen atoms in total. The van der Waals surface area contributed by atoms with Gasteiger partial charge in [0.2, 0.25) is 0 Å². The van der Waals surface area contributed by atoms with Crippen LogP contribution in [0, 0.1) is 17.8 Å². The molecule has 0 aromatic heterocycles. The summed E-state index contributed by atoms with van der Waals surface area (Å²) in [7, 11) is -11.9. The number of hydrogen-bond acceptors (Lipinski definition) is 14. The first-order valence-corrected chi connectivity index (χ1v) is 34.1. The Morgan fingerprint density at radius 2 is 0.775 bits per heavy atom. The molecule has 9 atom stereocenters. The van der Waals surface area contributed by atoms with Gasteiger partial charge < -0.3 is 40.1 Å². The molecule has 3 saturated carbocycles. The van der Waals surface area contributed by atoms with Crippen molar-refractivity contribution in [2.45, 2.75) is 108 Å². The Bertz CT molecular complexity index is 3510. The normalized spacial score (nSPS) is 27.5. The van der Waals surface area contributed by atoms with Gasteiger partial charge in [-0.05, 0) is 88.1 Å². The molecule has 3 amide bonds. The SMILES string of the molecule is CC1[C@H](c2ccccc2)[C@]1(NS(=O)(=O)N1CCN(C(=O)Nc2ccccc2)CC1)C(=O)O.CC1[C@H](c2ccccc2)[C@]1(NS(=O)(=O)N1CCN(C(=O)OC(C)(C)C)CC1)C(=O)OC(C)(C)C.CC1[C@H](c2ccccc2)[C@]1(NS(=O)(=O)N1CCNCC1)C(=O)O. The molecule has 3 saturated heterocycles. The summed E-state index contributed by atoms with van der Waals surface area (Å²) in [6.45, 7) is 19.0. The number of anilines is 1. The van der Waals surface area contributed by atoms with Gasteiger partial charge in [-0.1, -0.05) is 130 Å². The molecule has 3 aliphatic heterocycles. The fraction of sp³-hybridized carbons (Fsp3) is 0.525. The molecular formula is C61H84N10O15S3. The van der Waals surface area contributed by atoms with Gasteiger partial charge in [0.1, 0.15) is 27.8 Å². The smallest absolute Gasteiger partial charge is 0.410 e. The molecule has 89 heavy (non-hydrogen) atoms. The van der Waals surface area contributed by atoms with Crippen LogP contribution in [0.4, 0.5) is 15.3 Å². The summed E-state index contributed by atoms with van der Waals surface area (Å²) in [5.41, 5.74) is -2.68. The number of benzene rings is 4. The monoisotopic (exact) mass is 1290 g/mol. The number of para-hydroxylation sites is 1. The lowest BCUT2D eigenvalue weighted by Crippen LogP contribution is -2.58. The maximum Gasteiger partial charge on any atom is 0.410 e. The Hall–Kier alpha value is -6.60. The Labute approximate surface area is 522 Å². The average molecular weight is 1290 g/mol. The van der Waals surface area contributed by atoms with Gasteiger partial charge in [0.25, 0.3) is 30.6 Å². The van der Waals surface area contributed by atoms with E-state index >= 15 is 0 Å². The number of nitrogens with zero attached hydrogens (tertiary/aromatic N) is 5. The topological polar surface area (TPSA) is 323 Å². The van der Waals surface area contributed by atoms with E-state index in [0.29, 0.717) is 31.9 Å². The third kappa shape index (κ3) is 15.3. The third-order valence-corrected chi connectivity index (χ3v) is 22.1. The maximum absolute atomic E-state index is 13.4. The lowest BCUT2D eigenvalue weighted by atomic mass is 10.1. The number of esters is 1. The number of hydrogen-bond donors (Lipinski definition) is 7. The standard InChI is InChI=1S/C24H37N3O6S.C22H26N4O5S.C15H21N3O4S/c1-17-19(18-11-9-8-10-12-18)24(17,20(28)32-22(2,3)4)25-34(30,31)27-15-13-26(14-16-27)21(29)33-23(5,6)7;1-16-19(17-8-4-2-5-9-17)22(16,20(27)28)24-32(30,31)26-14-12-25(13-15-26)21(29)23-18-10-6-3-7-11-18;1-11-13(12-5-3-2-4-6-12)15(11,14(19)20)17-23(21,22)18-9-7-16-8-10-18/h8-12,17,19,25H,13-16H2,1-7H3;2-11,16,19,24H,12-15H2,1H3,(H,23,29)(H,27,28);2-6,11,13,16-17H,7-10H2,1H3,(H,19,20)/t17?,19-,24+;16?,19-,22+;11?,13-,15+/m111/s1. The second-order valence-corrected chi connectivity index (χ2v) is 30.3. The highest BCUT2D eigenvalue weighted by Gasteiger charge is 2.73. The highest BCUT2D eigenvalue weighted by atomic mass is 32.2. The summed E-state index contributed by atoms with van der Waals surface area (Å²) < 4.78 is 101. The summed E-state index contributed by atoms with van der Waals surface area (Å²) in [6, 6.07) is 36.3. The fourth-order valence-corrected chi connectivity index (χ4v) is 17.1. The zero-order chi connectivity index (χ0) is 65.1. The Morgan fingerprint density at radius 3 is 1.13 bits per heavy atom. The minimum Gasteiger partial charge on any atom is -0.480 e. The first kappa shape index (κ1) is 68.3. The average Bonchev–Trinajstić information content (AvgIpc) is 1.56. The Kier molecular flexibility index (Phi) is 20.5. The first-order valence-electron chi connectivity index (χ1n) is 29.7. The number of rotatable bonds is 16.